The number of halogens is 2. The zero-order valence-electron chi connectivity index (χ0n) is 18.5. The highest BCUT2D eigenvalue weighted by molar-refractivity contribution is 7.99. The Bertz CT molecular complexity index is 1200. The lowest BCUT2D eigenvalue weighted by atomic mass is 10.2. The average molecular weight is 520 g/mol. The second-order valence-electron chi connectivity index (χ2n) is 7.13. The summed E-state index contributed by atoms with van der Waals surface area (Å²) in [6, 6.07) is 11.3. The molecule has 3 rings (SSSR count). The molecule has 8 nitrogen and oxygen atoms in total. The zero-order valence-corrected chi connectivity index (χ0v) is 20.9. The molecular weight excluding hydrogens is 497 g/mol. The molecule has 0 bridgehead atoms. The number of aromatic nitrogens is 3. The summed E-state index contributed by atoms with van der Waals surface area (Å²) in [4.78, 5) is 25.1. The summed E-state index contributed by atoms with van der Waals surface area (Å²) in [5.41, 5.74) is 0.937. The number of hydrogen-bond donors (Lipinski definition) is 2. The van der Waals surface area contributed by atoms with Gasteiger partial charge in [0, 0.05) is 23.3 Å². The third kappa shape index (κ3) is 6.53. The van der Waals surface area contributed by atoms with Gasteiger partial charge in [-0.05, 0) is 37.3 Å². The fraction of sp³-hybridized carbons (Fsp3) is 0.217. The van der Waals surface area contributed by atoms with Crippen molar-refractivity contribution in [3.63, 3.8) is 0 Å². The topological polar surface area (TPSA) is 98.1 Å². The van der Waals surface area contributed by atoms with Crippen LogP contribution in [0.4, 0.5) is 5.69 Å². The third-order valence-electron chi connectivity index (χ3n) is 4.65. The Kier molecular flexibility index (Phi) is 8.98. The van der Waals surface area contributed by atoms with Crippen molar-refractivity contribution in [2.75, 3.05) is 18.2 Å². The predicted octanol–water partition coefficient (Wildman–Crippen LogP) is 5.00. The summed E-state index contributed by atoms with van der Waals surface area (Å²) < 4.78 is 6.97. The second-order valence-corrected chi connectivity index (χ2v) is 8.91. The zero-order chi connectivity index (χ0) is 24.7. The number of hydrogen-bond acceptors (Lipinski definition) is 6. The minimum Gasteiger partial charge on any atom is -0.497 e. The van der Waals surface area contributed by atoms with Crippen LogP contribution in [0.1, 0.15) is 29.1 Å². The van der Waals surface area contributed by atoms with E-state index in [4.69, 9.17) is 27.9 Å². The highest BCUT2D eigenvalue weighted by Crippen LogP contribution is 2.24. The van der Waals surface area contributed by atoms with Crippen LogP contribution in [0.25, 0.3) is 0 Å². The number of nitrogens with one attached hydrogen (secondary N) is 2. The molecule has 0 saturated heterocycles. The molecule has 2 N–H and O–H groups in total. The lowest BCUT2D eigenvalue weighted by molar-refractivity contribution is -0.113. The summed E-state index contributed by atoms with van der Waals surface area (Å²) in [7, 11) is 1.56. The highest BCUT2D eigenvalue weighted by atomic mass is 35.5. The maximum atomic E-state index is 12.7. The summed E-state index contributed by atoms with van der Waals surface area (Å²) in [6.45, 7) is 5.97. The van der Waals surface area contributed by atoms with Crippen LogP contribution in [-0.4, -0.2) is 39.4 Å². The van der Waals surface area contributed by atoms with Crippen LogP contribution in [0, 0.1) is 0 Å². The molecule has 0 spiro atoms. The summed E-state index contributed by atoms with van der Waals surface area (Å²) >= 11 is 13.3. The van der Waals surface area contributed by atoms with Gasteiger partial charge in [0.25, 0.3) is 5.91 Å². The Balaban J connectivity index is 1.67. The van der Waals surface area contributed by atoms with Crippen LogP contribution in [0.2, 0.25) is 10.0 Å². The molecule has 0 fully saturated rings. The number of thioether (sulfide) groups is 1. The van der Waals surface area contributed by atoms with E-state index in [1.54, 1.807) is 61.1 Å². The van der Waals surface area contributed by atoms with E-state index in [2.05, 4.69) is 27.4 Å². The third-order valence-corrected chi connectivity index (χ3v) is 6.17. The molecule has 11 heteroatoms. The van der Waals surface area contributed by atoms with Crippen molar-refractivity contribution in [2.45, 2.75) is 24.7 Å². The lowest BCUT2D eigenvalue weighted by Crippen LogP contribution is -2.29. The summed E-state index contributed by atoms with van der Waals surface area (Å²) in [5, 5.41) is 15.4. The Labute approximate surface area is 211 Å². The Morgan fingerprint density at radius 2 is 2.03 bits per heavy atom. The highest BCUT2D eigenvalue weighted by Gasteiger charge is 2.21. The Morgan fingerprint density at radius 3 is 2.74 bits per heavy atom. The van der Waals surface area contributed by atoms with E-state index < -0.39 is 6.04 Å². The first-order chi connectivity index (χ1) is 16.3. The average Bonchev–Trinajstić information content (AvgIpc) is 3.20. The van der Waals surface area contributed by atoms with Gasteiger partial charge < -0.3 is 19.9 Å². The molecule has 2 amide bonds. The van der Waals surface area contributed by atoms with E-state index >= 15 is 0 Å². The van der Waals surface area contributed by atoms with Crippen molar-refractivity contribution in [3.05, 3.63) is 76.6 Å². The number of rotatable bonds is 10. The Morgan fingerprint density at radius 1 is 1.24 bits per heavy atom. The number of anilines is 1. The standard InChI is InChI=1S/C23H23Cl2N5O3S/c1-4-10-30-21(14(2)26-22(32)18-9-8-15(24)11-19(18)25)28-29-23(30)34-13-20(31)27-16-6-5-7-17(12-16)33-3/h4-9,11-12,14H,1,10,13H2,2-3H3,(H,26,32)(H,27,31). The van der Waals surface area contributed by atoms with E-state index in [0.717, 1.165) is 0 Å². The first-order valence-corrected chi connectivity index (χ1v) is 11.9. The number of nitrogens with zero attached hydrogens (tertiary/aromatic N) is 3. The largest absolute Gasteiger partial charge is 0.497 e. The number of ether oxygens (including phenoxy) is 1. The van der Waals surface area contributed by atoms with Crippen LogP contribution < -0.4 is 15.4 Å². The van der Waals surface area contributed by atoms with E-state index in [0.29, 0.717) is 39.5 Å². The van der Waals surface area contributed by atoms with Crippen molar-refractivity contribution in [1.82, 2.24) is 20.1 Å². The molecular formula is C23H23Cl2N5O3S. The molecule has 0 aliphatic carbocycles. The molecule has 2 aromatic carbocycles. The fourth-order valence-electron chi connectivity index (χ4n) is 3.07. The van der Waals surface area contributed by atoms with Crippen molar-refractivity contribution < 1.29 is 14.3 Å². The number of benzene rings is 2. The molecule has 0 aliphatic heterocycles. The van der Waals surface area contributed by atoms with Crippen LogP contribution in [0.5, 0.6) is 5.75 Å². The number of carbonyl (C=O) groups is 2. The molecule has 1 unspecified atom stereocenters. The van der Waals surface area contributed by atoms with Gasteiger partial charge in [0.1, 0.15) is 5.75 Å². The van der Waals surface area contributed by atoms with Gasteiger partial charge in [-0.25, -0.2) is 0 Å². The summed E-state index contributed by atoms with van der Waals surface area (Å²) in [6.07, 6.45) is 1.69. The van der Waals surface area contributed by atoms with Crippen LogP contribution in [0.3, 0.4) is 0 Å². The smallest absolute Gasteiger partial charge is 0.253 e. The predicted molar refractivity (Wildman–Crippen MR) is 135 cm³/mol. The lowest BCUT2D eigenvalue weighted by Gasteiger charge is -2.16. The molecule has 1 aromatic heterocycles. The second kappa shape index (κ2) is 11.9. The molecule has 0 saturated carbocycles. The monoisotopic (exact) mass is 519 g/mol. The first kappa shape index (κ1) is 25.6. The van der Waals surface area contributed by atoms with Crippen molar-refractivity contribution >= 4 is 52.5 Å². The number of methoxy groups -OCH3 is 1. The normalized spacial score (nSPS) is 11.5. The van der Waals surface area contributed by atoms with E-state index in [1.165, 1.54) is 17.8 Å². The van der Waals surface area contributed by atoms with Gasteiger partial charge in [0.15, 0.2) is 11.0 Å². The van der Waals surface area contributed by atoms with Crippen molar-refractivity contribution in [2.24, 2.45) is 0 Å². The molecule has 0 aliphatic rings. The maximum Gasteiger partial charge on any atom is 0.253 e. The van der Waals surface area contributed by atoms with Crippen LogP contribution >= 0.6 is 35.0 Å². The minimum absolute atomic E-state index is 0.119. The minimum atomic E-state index is -0.480. The molecule has 0 radical (unpaired) electrons. The Hall–Kier alpha value is -3.01. The summed E-state index contributed by atoms with van der Waals surface area (Å²) in [5.74, 6) is 0.722. The van der Waals surface area contributed by atoms with Gasteiger partial charge in [-0.15, -0.1) is 16.8 Å². The van der Waals surface area contributed by atoms with Gasteiger partial charge >= 0.3 is 0 Å². The molecule has 3 aromatic rings. The number of carbonyl (C=O) groups excluding carboxylic acids is 2. The van der Waals surface area contributed by atoms with Gasteiger partial charge in [0.05, 0.1) is 29.5 Å². The molecule has 1 heterocycles. The molecule has 34 heavy (non-hydrogen) atoms. The van der Waals surface area contributed by atoms with E-state index in [-0.39, 0.29) is 22.6 Å². The van der Waals surface area contributed by atoms with E-state index in [1.807, 2.05) is 0 Å². The van der Waals surface area contributed by atoms with Crippen molar-refractivity contribution in [1.29, 1.82) is 0 Å². The van der Waals surface area contributed by atoms with E-state index in [9.17, 15) is 9.59 Å². The quantitative estimate of drug-likeness (QED) is 0.288. The van der Waals surface area contributed by atoms with Gasteiger partial charge in [0.2, 0.25) is 5.91 Å². The SMILES string of the molecule is C=CCn1c(SCC(=O)Nc2cccc(OC)c2)nnc1C(C)NC(=O)c1ccc(Cl)cc1Cl. The van der Waals surface area contributed by atoms with Gasteiger partial charge in [-0.3, -0.25) is 9.59 Å². The van der Waals surface area contributed by atoms with Crippen LogP contribution in [-0.2, 0) is 11.3 Å². The molecule has 1 atom stereocenters. The number of allylic oxidation sites excluding steroid dienone is 1. The van der Waals surface area contributed by atoms with Gasteiger partial charge in [-0.2, -0.15) is 0 Å². The van der Waals surface area contributed by atoms with Gasteiger partial charge in [-0.1, -0.05) is 47.1 Å². The fourth-order valence-corrected chi connectivity index (χ4v) is 4.32. The number of amides is 2. The van der Waals surface area contributed by atoms with Crippen molar-refractivity contribution in [3.8, 4) is 5.75 Å². The molecule has 178 valence electrons. The van der Waals surface area contributed by atoms with Crippen LogP contribution in [0.15, 0.2) is 60.3 Å². The first-order valence-electron chi connectivity index (χ1n) is 10.2. The maximum absolute atomic E-state index is 12.7.